The van der Waals surface area contributed by atoms with E-state index in [0.29, 0.717) is 4.77 Å². The molecule has 3 rings (SSSR count). The van der Waals surface area contributed by atoms with E-state index in [0.717, 1.165) is 29.6 Å². The molecule has 0 aliphatic heterocycles. The second-order valence-corrected chi connectivity index (χ2v) is 4.96. The standard InChI is InChI=1S/C15H15N3S/c1-2-3-11-4-6-12(7-5-11)18-14-8-9-16-10-13(14)17-15(18)19/h4-10H,2-3H2,1H3,(H,17,19). The van der Waals surface area contributed by atoms with Gasteiger partial charge in [0.2, 0.25) is 0 Å². The van der Waals surface area contributed by atoms with Crippen molar-refractivity contribution in [2.75, 3.05) is 0 Å². The van der Waals surface area contributed by atoms with Crippen molar-refractivity contribution in [2.24, 2.45) is 0 Å². The first-order chi connectivity index (χ1) is 9.29. The molecule has 0 amide bonds. The summed E-state index contributed by atoms with van der Waals surface area (Å²) >= 11 is 5.40. The number of hydrogen-bond acceptors (Lipinski definition) is 2. The van der Waals surface area contributed by atoms with Crippen LogP contribution < -0.4 is 0 Å². The lowest BCUT2D eigenvalue weighted by molar-refractivity contribution is 0.920. The fourth-order valence-corrected chi connectivity index (χ4v) is 2.63. The molecule has 0 saturated heterocycles. The molecule has 0 aliphatic carbocycles. The molecule has 1 aromatic carbocycles. The number of H-pyrrole nitrogens is 1. The van der Waals surface area contributed by atoms with Gasteiger partial charge in [0.05, 0.1) is 17.2 Å². The summed E-state index contributed by atoms with van der Waals surface area (Å²) in [6.45, 7) is 2.19. The van der Waals surface area contributed by atoms with Crippen LogP contribution in [0.4, 0.5) is 0 Å². The van der Waals surface area contributed by atoms with Crippen molar-refractivity contribution >= 4 is 23.3 Å². The number of aromatic amines is 1. The SMILES string of the molecule is CCCc1ccc(-n2c(=S)[nH]c3cnccc32)cc1. The minimum Gasteiger partial charge on any atom is -0.329 e. The Balaban J connectivity index is 2.13. The fourth-order valence-electron chi connectivity index (χ4n) is 2.32. The van der Waals surface area contributed by atoms with Crippen molar-refractivity contribution in [1.82, 2.24) is 14.5 Å². The van der Waals surface area contributed by atoms with E-state index in [1.807, 2.05) is 10.6 Å². The number of nitrogens with zero attached hydrogens (tertiary/aromatic N) is 2. The minimum atomic E-state index is 0.700. The molecule has 0 atom stereocenters. The zero-order valence-corrected chi connectivity index (χ0v) is 11.6. The quantitative estimate of drug-likeness (QED) is 0.728. The first kappa shape index (κ1) is 12.1. The molecule has 0 bridgehead atoms. The monoisotopic (exact) mass is 269 g/mol. The number of hydrogen-bond donors (Lipinski definition) is 1. The Morgan fingerprint density at radius 1 is 1.21 bits per heavy atom. The maximum Gasteiger partial charge on any atom is 0.182 e. The van der Waals surface area contributed by atoms with Crippen LogP contribution in [-0.4, -0.2) is 14.5 Å². The highest BCUT2D eigenvalue weighted by atomic mass is 32.1. The summed E-state index contributed by atoms with van der Waals surface area (Å²) < 4.78 is 2.74. The van der Waals surface area contributed by atoms with Crippen molar-refractivity contribution in [1.29, 1.82) is 0 Å². The zero-order valence-electron chi connectivity index (χ0n) is 10.8. The Hall–Kier alpha value is -1.94. The number of imidazole rings is 1. The summed E-state index contributed by atoms with van der Waals surface area (Å²) in [7, 11) is 0. The Morgan fingerprint density at radius 2 is 2.00 bits per heavy atom. The summed E-state index contributed by atoms with van der Waals surface area (Å²) in [6.07, 6.45) is 5.86. The third kappa shape index (κ3) is 2.19. The van der Waals surface area contributed by atoms with Crippen LogP contribution in [0.2, 0.25) is 0 Å². The summed E-state index contributed by atoms with van der Waals surface area (Å²) in [5.74, 6) is 0. The topological polar surface area (TPSA) is 33.6 Å². The lowest BCUT2D eigenvalue weighted by Crippen LogP contribution is -1.94. The average molecular weight is 269 g/mol. The Kier molecular flexibility index (Phi) is 3.17. The van der Waals surface area contributed by atoms with E-state index >= 15 is 0 Å². The van der Waals surface area contributed by atoms with Crippen molar-refractivity contribution in [3.05, 3.63) is 53.1 Å². The van der Waals surface area contributed by atoms with E-state index in [1.165, 1.54) is 5.56 Å². The molecule has 0 spiro atoms. The van der Waals surface area contributed by atoms with Crippen LogP contribution in [0.25, 0.3) is 16.7 Å². The lowest BCUT2D eigenvalue weighted by atomic mass is 10.1. The smallest absolute Gasteiger partial charge is 0.182 e. The Morgan fingerprint density at radius 3 is 2.74 bits per heavy atom. The van der Waals surface area contributed by atoms with Gasteiger partial charge in [-0.15, -0.1) is 0 Å². The zero-order chi connectivity index (χ0) is 13.2. The average Bonchev–Trinajstić information content (AvgIpc) is 2.76. The van der Waals surface area contributed by atoms with Gasteiger partial charge in [-0.05, 0) is 42.4 Å². The normalized spacial score (nSPS) is 11.0. The molecule has 0 saturated carbocycles. The van der Waals surface area contributed by atoms with Gasteiger partial charge in [-0.2, -0.15) is 0 Å². The molecule has 4 heteroatoms. The Labute approximate surface area is 116 Å². The Bertz CT molecular complexity index is 753. The number of pyridine rings is 1. The lowest BCUT2D eigenvalue weighted by Gasteiger charge is -2.05. The molecule has 0 unspecified atom stereocenters. The van der Waals surface area contributed by atoms with E-state index in [2.05, 4.69) is 41.2 Å². The first-order valence-corrected chi connectivity index (χ1v) is 6.84. The summed E-state index contributed by atoms with van der Waals surface area (Å²) in [4.78, 5) is 7.29. The molecule has 19 heavy (non-hydrogen) atoms. The predicted octanol–water partition coefficient (Wildman–Crippen LogP) is 4.04. The van der Waals surface area contributed by atoms with E-state index in [1.54, 1.807) is 12.4 Å². The van der Waals surface area contributed by atoms with Gasteiger partial charge in [-0.3, -0.25) is 9.55 Å². The highest BCUT2D eigenvalue weighted by Gasteiger charge is 2.05. The summed E-state index contributed by atoms with van der Waals surface area (Å²) in [5.41, 5.74) is 4.47. The third-order valence-electron chi connectivity index (χ3n) is 3.22. The van der Waals surface area contributed by atoms with Crippen molar-refractivity contribution in [3.63, 3.8) is 0 Å². The number of rotatable bonds is 3. The molecule has 1 N–H and O–H groups in total. The van der Waals surface area contributed by atoms with Crippen molar-refractivity contribution in [3.8, 4) is 5.69 Å². The van der Waals surface area contributed by atoms with Gasteiger partial charge in [-0.25, -0.2) is 0 Å². The van der Waals surface area contributed by atoms with Crippen LogP contribution in [0.1, 0.15) is 18.9 Å². The summed E-state index contributed by atoms with van der Waals surface area (Å²) in [6, 6.07) is 10.5. The van der Waals surface area contributed by atoms with Gasteiger partial charge >= 0.3 is 0 Å². The molecule has 0 fully saturated rings. The van der Waals surface area contributed by atoms with E-state index < -0.39 is 0 Å². The van der Waals surface area contributed by atoms with Crippen LogP contribution in [0.5, 0.6) is 0 Å². The van der Waals surface area contributed by atoms with Gasteiger partial charge in [-0.1, -0.05) is 25.5 Å². The largest absolute Gasteiger partial charge is 0.329 e. The fraction of sp³-hybridized carbons (Fsp3) is 0.200. The van der Waals surface area contributed by atoms with Gasteiger partial charge in [0.25, 0.3) is 0 Å². The first-order valence-electron chi connectivity index (χ1n) is 6.43. The molecule has 0 aliphatic rings. The second kappa shape index (κ2) is 4.97. The molecular formula is C15H15N3S. The molecule has 2 heterocycles. The molecule has 96 valence electrons. The van der Waals surface area contributed by atoms with Crippen LogP contribution in [0.15, 0.2) is 42.7 Å². The third-order valence-corrected chi connectivity index (χ3v) is 3.50. The molecule has 2 aromatic heterocycles. The van der Waals surface area contributed by atoms with Crippen molar-refractivity contribution < 1.29 is 0 Å². The van der Waals surface area contributed by atoms with Crippen LogP contribution in [0.3, 0.4) is 0 Å². The van der Waals surface area contributed by atoms with E-state index in [4.69, 9.17) is 12.2 Å². The second-order valence-electron chi connectivity index (χ2n) is 4.57. The molecule has 3 aromatic rings. The molecule has 0 radical (unpaired) electrons. The maximum atomic E-state index is 5.40. The van der Waals surface area contributed by atoms with Gasteiger partial charge in [0, 0.05) is 11.9 Å². The highest BCUT2D eigenvalue weighted by Crippen LogP contribution is 2.19. The van der Waals surface area contributed by atoms with Crippen LogP contribution in [0, 0.1) is 4.77 Å². The van der Waals surface area contributed by atoms with Crippen molar-refractivity contribution in [2.45, 2.75) is 19.8 Å². The van der Waals surface area contributed by atoms with E-state index in [9.17, 15) is 0 Å². The molecule has 3 nitrogen and oxygen atoms in total. The molecular weight excluding hydrogens is 254 g/mol. The van der Waals surface area contributed by atoms with Crippen LogP contribution >= 0.6 is 12.2 Å². The van der Waals surface area contributed by atoms with E-state index in [-0.39, 0.29) is 0 Å². The van der Waals surface area contributed by atoms with Gasteiger partial charge in [0.15, 0.2) is 4.77 Å². The maximum absolute atomic E-state index is 5.40. The summed E-state index contributed by atoms with van der Waals surface area (Å²) in [5, 5.41) is 0. The van der Waals surface area contributed by atoms with Gasteiger partial charge in [0.1, 0.15) is 0 Å². The number of aromatic nitrogens is 3. The minimum absolute atomic E-state index is 0.700. The number of fused-ring (bicyclic) bond motifs is 1. The number of benzene rings is 1. The number of nitrogens with one attached hydrogen (secondary N) is 1. The predicted molar refractivity (Wildman–Crippen MR) is 80.2 cm³/mol. The highest BCUT2D eigenvalue weighted by molar-refractivity contribution is 7.71. The van der Waals surface area contributed by atoms with Crippen LogP contribution in [-0.2, 0) is 6.42 Å². The number of aryl methyl sites for hydroxylation is 1. The van der Waals surface area contributed by atoms with Gasteiger partial charge < -0.3 is 4.98 Å².